The molecule has 6 rings (SSSR count). The highest BCUT2D eigenvalue weighted by molar-refractivity contribution is 6.30. The van der Waals surface area contributed by atoms with Crippen LogP contribution in [-0.4, -0.2) is 36.5 Å². The van der Waals surface area contributed by atoms with Crippen molar-refractivity contribution in [2.24, 2.45) is 11.8 Å². The number of anilines is 1. The summed E-state index contributed by atoms with van der Waals surface area (Å²) < 4.78 is 18.9. The Bertz CT molecular complexity index is 1060. The van der Waals surface area contributed by atoms with E-state index in [1.54, 1.807) is 0 Å². The second kappa shape index (κ2) is 9.21. The van der Waals surface area contributed by atoms with Crippen molar-refractivity contribution in [1.29, 1.82) is 0 Å². The first-order chi connectivity index (χ1) is 16.0. The van der Waals surface area contributed by atoms with Crippen molar-refractivity contribution in [2.75, 3.05) is 11.9 Å². The third-order valence-corrected chi connectivity index (χ3v) is 7.46. The Morgan fingerprint density at radius 1 is 1.06 bits per heavy atom. The van der Waals surface area contributed by atoms with E-state index in [1.807, 2.05) is 18.2 Å². The average Bonchev–Trinajstić information content (AvgIpc) is 2.78. The van der Waals surface area contributed by atoms with Crippen molar-refractivity contribution in [3.8, 4) is 5.75 Å². The number of para-hydroxylation sites is 1. The fraction of sp³-hybridized carbons (Fsp3) is 0.440. The molecule has 2 bridgehead atoms. The second-order valence-corrected chi connectivity index (χ2v) is 9.68. The highest BCUT2D eigenvalue weighted by Crippen LogP contribution is 2.46. The first-order valence-corrected chi connectivity index (χ1v) is 11.9. The van der Waals surface area contributed by atoms with Gasteiger partial charge in [0.25, 0.3) is 5.91 Å². The van der Waals surface area contributed by atoms with Crippen molar-refractivity contribution in [3.05, 3.63) is 58.9 Å². The van der Waals surface area contributed by atoms with Gasteiger partial charge in [0, 0.05) is 23.8 Å². The molecule has 2 aromatic carbocycles. The van der Waals surface area contributed by atoms with Gasteiger partial charge in [-0.15, -0.1) is 0 Å². The number of carbonyl (C=O) groups excluding carboxylic acids is 2. The predicted molar refractivity (Wildman–Crippen MR) is 124 cm³/mol. The maximum atomic E-state index is 13.5. The van der Waals surface area contributed by atoms with Gasteiger partial charge in [0.1, 0.15) is 17.6 Å². The lowest BCUT2D eigenvalue weighted by molar-refractivity contribution is -0.126. The minimum atomic E-state index is -0.586. The van der Waals surface area contributed by atoms with Gasteiger partial charge in [-0.2, -0.15) is 0 Å². The molecule has 1 aliphatic heterocycles. The zero-order chi connectivity index (χ0) is 22.9. The SMILES string of the molecule is O=C(COc1ccc(Cl)c(F)c1)N[C@@H]1C[C@H](NC(=O)C2CCc3ccccc3N2)C2CC1C2. The Morgan fingerprint density at radius 3 is 2.61 bits per heavy atom. The minimum absolute atomic E-state index is 0.00149. The number of amides is 2. The standard InChI is InChI=1S/C25H27ClFN3O3/c26-18-7-6-17(11-19(18)27)33-13-24(31)29-22-12-23(16-9-15(22)10-16)30-25(32)21-8-5-14-3-1-2-4-20(14)28-21/h1-4,6-7,11,15-16,21-23,28H,5,8-10,12-13H2,(H,29,31)(H,30,32)/t15?,16?,21?,22-,23+/m1/s1. The zero-order valence-corrected chi connectivity index (χ0v) is 18.9. The zero-order valence-electron chi connectivity index (χ0n) is 18.2. The molecule has 1 heterocycles. The van der Waals surface area contributed by atoms with E-state index < -0.39 is 5.82 Å². The first kappa shape index (κ1) is 22.0. The van der Waals surface area contributed by atoms with E-state index in [0.29, 0.717) is 18.3 Å². The Labute approximate surface area is 197 Å². The Kier molecular flexibility index (Phi) is 6.15. The molecule has 33 heavy (non-hydrogen) atoms. The maximum absolute atomic E-state index is 13.5. The molecule has 2 aromatic rings. The van der Waals surface area contributed by atoms with E-state index in [-0.39, 0.29) is 47.3 Å². The molecule has 2 amide bonds. The fourth-order valence-corrected chi connectivity index (χ4v) is 5.38. The van der Waals surface area contributed by atoms with E-state index in [1.165, 1.54) is 17.7 Å². The maximum Gasteiger partial charge on any atom is 0.258 e. The second-order valence-electron chi connectivity index (χ2n) is 9.27. The van der Waals surface area contributed by atoms with E-state index in [4.69, 9.17) is 16.3 Å². The van der Waals surface area contributed by atoms with Crippen LogP contribution in [0.2, 0.25) is 5.02 Å². The van der Waals surface area contributed by atoms with Gasteiger partial charge in [-0.1, -0.05) is 29.8 Å². The lowest BCUT2D eigenvalue weighted by Gasteiger charge is -2.51. The smallest absolute Gasteiger partial charge is 0.258 e. The third kappa shape index (κ3) is 4.78. The van der Waals surface area contributed by atoms with Crippen LogP contribution in [0.25, 0.3) is 0 Å². The van der Waals surface area contributed by atoms with Crippen LogP contribution in [-0.2, 0) is 16.0 Å². The number of rotatable bonds is 6. The van der Waals surface area contributed by atoms with E-state index >= 15 is 0 Å². The Hall–Kier alpha value is -2.80. The van der Waals surface area contributed by atoms with Crippen molar-refractivity contribution in [2.45, 2.75) is 50.2 Å². The summed E-state index contributed by atoms with van der Waals surface area (Å²) in [4.78, 5) is 25.4. The molecule has 0 radical (unpaired) electrons. The normalized spacial score (nSPS) is 27.4. The van der Waals surface area contributed by atoms with Gasteiger partial charge in [0.05, 0.1) is 5.02 Å². The number of aryl methyl sites for hydroxylation is 1. The minimum Gasteiger partial charge on any atom is -0.484 e. The van der Waals surface area contributed by atoms with Crippen LogP contribution in [0.15, 0.2) is 42.5 Å². The van der Waals surface area contributed by atoms with Crippen LogP contribution in [0.3, 0.4) is 0 Å². The Morgan fingerprint density at radius 2 is 1.82 bits per heavy atom. The summed E-state index contributed by atoms with van der Waals surface area (Å²) in [7, 11) is 0. The molecule has 174 valence electrons. The molecule has 3 atom stereocenters. The van der Waals surface area contributed by atoms with Gasteiger partial charge < -0.3 is 20.7 Å². The molecule has 0 spiro atoms. The van der Waals surface area contributed by atoms with Crippen LogP contribution in [0, 0.1) is 17.7 Å². The Balaban J connectivity index is 1.12. The van der Waals surface area contributed by atoms with Crippen molar-refractivity contribution >= 4 is 29.1 Å². The quantitative estimate of drug-likeness (QED) is 0.600. The molecule has 0 saturated heterocycles. The number of benzene rings is 2. The van der Waals surface area contributed by atoms with E-state index in [2.05, 4.69) is 22.0 Å². The van der Waals surface area contributed by atoms with Gasteiger partial charge in [0.2, 0.25) is 5.91 Å². The molecular formula is C25H27ClFN3O3. The molecule has 3 N–H and O–H groups in total. The molecule has 3 saturated carbocycles. The lowest BCUT2D eigenvalue weighted by atomic mass is 9.60. The molecule has 3 fully saturated rings. The molecule has 4 aliphatic rings. The topological polar surface area (TPSA) is 79.5 Å². The summed E-state index contributed by atoms with van der Waals surface area (Å²) >= 11 is 5.67. The summed E-state index contributed by atoms with van der Waals surface area (Å²) in [5, 5.41) is 9.66. The van der Waals surface area contributed by atoms with Gasteiger partial charge in [-0.3, -0.25) is 9.59 Å². The molecule has 0 aromatic heterocycles. The van der Waals surface area contributed by atoms with Crippen LogP contribution in [0.5, 0.6) is 5.75 Å². The van der Waals surface area contributed by atoms with Crippen LogP contribution < -0.4 is 20.7 Å². The molecule has 1 unspecified atom stereocenters. The van der Waals surface area contributed by atoms with E-state index in [9.17, 15) is 14.0 Å². The average molecular weight is 472 g/mol. The van der Waals surface area contributed by atoms with Crippen LogP contribution in [0.1, 0.15) is 31.2 Å². The molecule has 3 aliphatic carbocycles. The molecule has 6 nitrogen and oxygen atoms in total. The third-order valence-electron chi connectivity index (χ3n) is 7.16. The number of fused-ring (bicyclic) bond motifs is 3. The largest absolute Gasteiger partial charge is 0.484 e. The summed E-state index contributed by atoms with van der Waals surface area (Å²) in [6.07, 6.45) is 4.37. The van der Waals surface area contributed by atoms with Gasteiger partial charge in [-0.05, 0) is 67.7 Å². The van der Waals surface area contributed by atoms with Crippen LogP contribution >= 0.6 is 11.6 Å². The number of hydrogen-bond acceptors (Lipinski definition) is 4. The highest BCUT2D eigenvalue weighted by Gasteiger charge is 2.47. The van der Waals surface area contributed by atoms with Crippen molar-refractivity contribution < 1.29 is 18.7 Å². The number of hydrogen-bond donors (Lipinski definition) is 3. The summed E-state index contributed by atoms with van der Waals surface area (Å²) in [6, 6.07) is 12.0. The number of ether oxygens (including phenoxy) is 1. The molecule has 8 heteroatoms. The fourth-order valence-electron chi connectivity index (χ4n) is 5.26. The summed E-state index contributed by atoms with van der Waals surface area (Å²) in [6.45, 7) is -0.198. The summed E-state index contributed by atoms with van der Waals surface area (Å²) in [5.41, 5.74) is 2.27. The van der Waals surface area contributed by atoms with Gasteiger partial charge in [-0.25, -0.2) is 4.39 Å². The highest BCUT2D eigenvalue weighted by atomic mass is 35.5. The van der Waals surface area contributed by atoms with Gasteiger partial charge >= 0.3 is 0 Å². The van der Waals surface area contributed by atoms with Crippen molar-refractivity contribution in [1.82, 2.24) is 10.6 Å². The summed E-state index contributed by atoms with van der Waals surface area (Å²) in [5.74, 6) is 0.341. The lowest BCUT2D eigenvalue weighted by Crippen LogP contribution is -2.61. The van der Waals surface area contributed by atoms with Crippen LogP contribution in [0.4, 0.5) is 10.1 Å². The predicted octanol–water partition coefficient (Wildman–Crippen LogP) is 3.68. The number of nitrogens with one attached hydrogen (secondary N) is 3. The van der Waals surface area contributed by atoms with Crippen molar-refractivity contribution in [3.63, 3.8) is 0 Å². The van der Waals surface area contributed by atoms with Gasteiger partial charge in [0.15, 0.2) is 6.61 Å². The molecular weight excluding hydrogens is 445 g/mol. The van der Waals surface area contributed by atoms with E-state index in [0.717, 1.165) is 37.4 Å². The number of carbonyl (C=O) groups is 2. The first-order valence-electron chi connectivity index (χ1n) is 11.5. The monoisotopic (exact) mass is 471 g/mol. The number of halogens is 2.